The fourth-order valence-corrected chi connectivity index (χ4v) is 5.15. The zero-order valence-electron chi connectivity index (χ0n) is 14.5. The molecule has 1 N–H and O–H groups in total. The SMILES string of the molecule is CCC(=O)N1C[C@H]2[C@@H](c3ccccc31)[C@@H](CO)N2CC1CCCC1. The Kier molecular flexibility index (Phi) is 4.35. The monoisotopic (exact) mass is 328 g/mol. The summed E-state index contributed by atoms with van der Waals surface area (Å²) in [4.78, 5) is 16.9. The first kappa shape index (κ1) is 16.1. The number of likely N-dealkylation sites (tertiary alicyclic amines) is 1. The lowest BCUT2D eigenvalue weighted by molar-refractivity contribution is -0.119. The van der Waals surface area contributed by atoms with E-state index in [1.165, 1.54) is 31.2 Å². The maximum absolute atomic E-state index is 12.5. The van der Waals surface area contributed by atoms with Gasteiger partial charge in [-0.1, -0.05) is 38.0 Å². The molecule has 24 heavy (non-hydrogen) atoms. The number of hydrogen-bond donors (Lipinski definition) is 1. The molecule has 1 saturated heterocycles. The van der Waals surface area contributed by atoms with E-state index in [2.05, 4.69) is 23.1 Å². The van der Waals surface area contributed by atoms with Crippen LogP contribution in [0.15, 0.2) is 24.3 Å². The lowest BCUT2D eigenvalue weighted by Crippen LogP contribution is -2.69. The summed E-state index contributed by atoms with van der Waals surface area (Å²) in [6.45, 7) is 4.01. The van der Waals surface area contributed by atoms with Gasteiger partial charge in [0, 0.05) is 43.2 Å². The minimum Gasteiger partial charge on any atom is -0.395 e. The van der Waals surface area contributed by atoms with Gasteiger partial charge in [0.1, 0.15) is 0 Å². The number of aliphatic hydroxyl groups is 1. The third-order valence-electron chi connectivity index (χ3n) is 6.37. The van der Waals surface area contributed by atoms with E-state index in [1.807, 2.05) is 17.9 Å². The van der Waals surface area contributed by atoms with Crippen LogP contribution in [-0.2, 0) is 4.79 Å². The summed E-state index contributed by atoms with van der Waals surface area (Å²) in [5.41, 5.74) is 2.31. The van der Waals surface area contributed by atoms with Crippen LogP contribution >= 0.6 is 0 Å². The quantitative estimate of drug-likeness (QED) is 0.924. The number of carbonyl (C=O) groups is 1. The molecule has 2 aliphatic heterocycles. The molecule has 3 atom stereocenters. The summed E-state index contributed by atoms with van der Waals surface area (Å²) in [5.74, 6) is 1.34. The van der Waals surface area contributed by atoms with E-state index in [1.54, 1.807) is 0 Å². The number of hydrogen-bond acceptors (Lipinski definition) is 3. The molecule has 1 amide bonds. The van der Waals surface area contributed by atoms with E-state index >= 15 is 0 Å². The van der Waals surface area contributed by atoms with Gasteiger partial charge in [0.05, 0.1) is 6.61 Å². The van der Waals surface area contributed by atoms with Crippen molar-refractivity contribution in [3.63, 3.8) is 0 Å². The molecule has 2 heterocycles. The molecule has 1 aromatic rings. The lowest BCUT2D eigenvalue weighted by Gasteiger charge is -2.59. The molecule has 3 aliphatic rings. The van der Waals surface area contributed by atoms with Crippen molar-refractivity contribution >= 4 is 11.6 Å². The first-order valence-electron chi connectivity index (χ1n) is 9.50. The normalized spacial score (nSPS) is 29.9. The molecule has 130 valence electrons. The Bertz CT molecular complexity index is 611. The van der Waals surface area contributed by atoms with Crippen LogP contribution in [0.4, 0.5) is 5.69 Å². The van der Waals surface area contributed by atoms with Crippen molar-refractivity contribution in [3.05, 3.63) is 29.8 Å². The van der Waals surface area contributed by atoms with Gasteiger partial charge in [-0.3, -0.25) is 9.69 Å². The summed E-state index contributed by atoms with van der Waals surface area (Å²) in [5, 5.41) is 9.99. The van der Waals surface area contributed by atoms with E-state index < -0.39 is 0 Å². The van der Waals surface area contributed by atoms with Crippen LogP contribution in [0, 0.1) is 5.92 Å². The fraction of sp³-hybridized carbons (Fsp3) is 0.650. The van der Waals surface area contributed by atoms with Gasteiger partial charge < -0.3 is 10.0 Å². The van der Waals surface area contributed by atoms with E-state index in [0.29, 0.717) is 18.4 Å². The predicted octanol–water partition coefficient (Wildman–Crippen LogP) is 2.76. The van der Waals surface area contributed by atoms with Gasteiger partial charge in [0.15, 0.2) is 0 Å². The minimum absolute atomic E-state index is 0.203. The number of benzene rings is 1. The molecule has 0 unspecified atom stereocenters. The van der Waals surface area contributed by atoms with Gasteiger partial charge >= 0.3 is 0 Å². The molecule has 2 fully saturated rings. The molecule has 1 aromatic carbocycles. The van der Waals surface area contributed by atoms with Crippen LogP contribution in [0.2, 0.25) is 0 Å². The van der Waals surface area contributed by atoms with Crippen LogP contribution in [0.1, 0.15) is 50.5 Å². The Morgan fingerprint density at radius 2 is 2.00 bits per heavy atom. The van der Waals surface area contributed by atoms with Gasteiger partial charge in [-0.25, -0.2) is 0 Å². The van der Waals surface area contributed by atoms with Gasteiger partial charge in [0.25, 0.3) is 0 Å². The highest BCUT2D eigenvalue weighted by Crippen LogP contribution is 2.49. The number of aliphatic hydroxyl groups excluding tert-OH is 1. The van der Waals surface area contributed by atoms with Crippen molar-refractivity contribution in [2.75, 3.05) is 24.6 Å². The smallest absolute Gasteiger partial charge is 0.226 e. The van der Waals surface area contributed by atoms with Gasteiger partial charge in [-0.15, -0.1) is 0 Å². The van der Waals surface area contributed by atoms with Crippen molar-refractivity contribution in [2.45, 2.75) is 57.0 Å². The molecule has 4 rings (SSSR count). The van der Waals surface area contributed by atoms with E-state index in [-0.39, 0.29) is 18.6 Å². The molecule has 0 bridgehead atoms. The number of fused-ring (bicyclic) bond motifs is 3. The summed E-state index contributed by atoms with van der Waals surface area (Å²) < 4.78 is 0. The Morgan fingerprint density at radius 3 is 2.71 bits per heavy atom. The number of carbonyl (C=O) groups excluding carboxylic acids is 1. The topological polar surface area (TPSA) is 43.8 Å². The van der Waals surface area contributed by atoms with Gasteiger partial charge in [0.2, 0.25) is 5.91 Å². The van der Waals surface area contributed by atoms with Gasteiger partial charge in [-0.2, -0.15) is 0 Å². The lowest BCUT2D eigenvalue weighted by atomic mass is 9.71. The van der Waals surface area contributed by atoms with Crippen molar-refractivity contribution in [2.24, 2.45) is 5.92 Å². The summed E-state index contributed by atoms with van der Waals surface area (Å²) in [7, 11) is 0. The van der Waals surface area contributed by atoms with Crippen molar-refractivity contribution in [1.29, 1.82) is 0 Å². The Balaban J connectivity index is 1.62. The molecule has 4 heteroatoms. The van der Waals surface area contributed by atoms with E-state index in [0.717, 1.165) is 24.7 Å². The molecule has 0 spiro atoms. The molecular weight excluding hydrogens is 300 g/mol. The second-order valence-electron chi connectivity index (χ2n) is 7.61. The first-order valence-corrected chi connectivity index (χ1v) is 9.50. The minimum atomic E-state index is 0.203. The first-order chi connectivity index (χ1) is 11.7. The van der Waals surface area contributed by atoms with Crippen molar-refractivity contribution in [1.82, 2.24) is 4.90 Å². The molecular formula is C20H28N2O2. The zero-order valence-corrected chi connectivity index (χ0v) is 14.5. The number of rotatable bonds is 4. The molecule has 4 nitrogen and oxygen atoms in total. The Labute approximate surface area is 144 Å². The summed E-state index contributed by atoms with van der Waals surface area (Å²) in [6.07, 6.45) is 5.87. The van der Waals surface area contributed by atoms with Crippen LogP contribution < -0.4 is 4.90 Å². The maximum atomic E-state index is 12.5. The van der Waals surface area contributed by atoms with E-state index in [4.69, 9.17) is 0 Å². The van der Waals surface area contributed by atoms with E-state index in [9.17, 15) is 9.90 Å². The highest BCUT2D eigenvalue weighted by Gasteiger charge is 2.53. The molecule has 0 aromatic heterocycles. The third-order valence-corrected chi connectivity index (χ3v) is 6.37. The number of para-hydroxylation sites is 1. The maximum Gasteiger partial charge on any atom is 0.226 e. The predicted molar refractivity (Wildman–Crippen MR) is 95.2 cm³/mol. The van der Waals surface area contributed by atoms with Crippen LogP contribution in [0.5, 0.6) is 0 Å². The highest BCUT2D eigenvalue weighted by atomic mass is 16.3. The molecule has 0 radical (unpaired) electrons. The average molecular weight is 328 g/mol. The van der Waals surface area contributed by atoms with Gasteiger partial charge in [-0.05, 0) is 30.4 Å². The number of anilines is 1. The summed E-state index contributed by atoms with van der Waals surface area (Å²) in [6, 6.07) is 8.87. The average Bonchev–Trinajstić information content (AvgIpc) is 3.12. The summed E-state index contributed by atoms with van der Waals surface area (Å²) >= 11 is 0. The van der Waals surface area contributed by atoms with Crippen molar-refractivity contribution < 1.29 is 9.90 Å². The Morgan fingerprint density at radius 1 is 1.25 bits per heavy atom. The number of amides is 1. The molecule has 1 saturated carbocycles. The second kappa shape index (κ2) is 6.49. The van der Waals surface area contributed by atoms with Crippen LogP contribution in [0.25, 0.3) is 0 Å². The Hall–Kier alpha value is -1.39. The zero-order chi connectivity index (χ0) is 16.7. The number of nitrogens with zero attached hydrogens (tertiary/aromatic N) is 2. The van der Waals surface area contributed by atoms with Crippen molar-refractivity contribution in [3.8, 4) is 0 Å². The fourth-order valence-electron chi connectivity index (χ4n) is 5.15. The highest BCUT2D eigenvalue weighted by molar-refractivity contribution is 5.95. The standard InChI is InChI=1S/C20H28N2O2/c1-2-19(24)22-12-17-20(15-9-5-6-10-16(15)22)18(13-23)21(17)11-14-7-3-4-8-14/h5-6,9-10,14,17-18,20,23H,2-4,7-8,11-13H2,1H3/t17-,18+,20+/m0/s1. The third kappa shape index (κ3) is 2.47. The largest absolute Gasteiger partial charge is 0.395 e. The molecule has 1 aliphatic carbocycles. The van der Waals surface area contributed by atoms with Crippen LogP contribution in [-0.4, -0.2) is 47.7 Å². The second-order valence-corrected chi connectivity index (χ2v) is 7.61. The van der Waals surface area contributed by atoms with Crippen LogP contribution in [0.3, 0.4) is 0 Å².